The van der Waals surface area contributed by atoms with Gasteiger partial charge in [0.2, 0.25) is 5.91 Å². The van der Waals surface area contributed by atoms with Crippen molar-refractivity contribution in [3.63, 3.8) is 0 Å². The molecule has 0 bridgehead atoms. The first-order valence-electron chi connectivity index (χ1n) is 10.2. The van der Waals surface area contributed by atoms with Gasteiger partial charge in [-0.25, -0.2) is 8.78 Å². The van der Waals surface area contributed by atoms with Crippen LogP contribution in [0.1, 0.15) is 31.8 Å². The number of amides is 2. The fraction of sp³-hybridized carbons (Fsp3) is 0.160. The molecule has 0 aliphatic carbocycles. The van der Waals surface area contributed by atoms with Crippen molar-refractivity contribution in [2.24, 2.45) is 5.92 Å². The van der Waals surface area contributed by atoms with Gasteiger partial charge in [0.05, 0.1) is 12.8 Å². The van der Waals surface area contributed by atoms with Crippen LogP contribution in [0.25, 0.3) is 0 Å². The summed E-state index contributed by atoms with van der Waals surface area (Å²) < 4.78 is 31.8. The van der Waals surface area contributed by atoms with Gasteiger partial charge in [-0.1, -0.05) is 18.2 Å². The highest BCUT2D eigenvalue weighted by atomic mass is 19.2. The summed E-state index contributed by atoms with van der Waals surface area (Å²) in [6, 6.07) is 14.9. The van der Waals surface area contributed by atoms with Crippen LogP contribution in [0.15, 0.2) is 60.7 Å². The number of rotatable bonds is 6. The van der Waals surface area contributed by atoms with E-state index in [9.17, 15) is 23.2 Å². The largest absolute Gasteiger partial charge is 0.497 e. The lowest BCUT2D eigenvalue weighted by molar-refractivity contribution is -0.118. The second-order valence-corrected chi connectivity index (χ2v) is 7.65. The number of hydrogen-bond donors (Lipinski definition) is 2. The molecule has 3 aromatic rings. The standard InChI is InChI=1S/C25H20F2N2O4/c1-33-17-6-2-14(3-7-17)13-28-24(31)16-5-9-22-18(12-16)23(30)19(25(32)29-22)10-15-4-8-20(26)21(27)11-15/h2-9,11-12,19H,10,13H2,1H3,(H,28,31)(H,29,32). The van der Waals surface area contributed by atoms with Gasteiger partial charge in [-0.15, -0.1) is 0 Å². The Kier molecular flexibility index (Phi) is 6.17. The number of carbonyl (C=O) groups excluding carboxylic acids is 3. The third-order valence-corrected chi connectivity index (χ3v) is 5.47. The Morgan fingerprint density at radius 1 is 0.970 bits per heavy atom. The topological polar surface area (TPSA) is 84.5 Å². The van der Waals surface area contributed by atoms with Crippen molar-refractivity contribution < 1.29 is 27.9 Å². The van der Waals surface area contributed by atoms with E-state index in [1.807, 2.05) is 12.1 Å². The average Bonchev–Trinajstić information content (AvgIpc) is 2.82. The van der Waals surface area contributed by atoms with Crippen LogP contribution in [-0.4, -0.2) is 24.7 Å². The number of Topliss-reactive ketones (excluding diaryl/α,β-unsaturated/α-hetero) is 1. The number of carbonyl (C=O) groups is 3. The molecule has 0 saturated carbocycles. The van der Waals surface area contributed by atoms with Gasteiger partial charge < -0.3 is 15.4 Å². The fourth-order valence-electron chi connectivity index (χ4n) is 3.64. The van der Waals surface area contributed by atoms with E-state index >= 15 is 0 Å². The maximum atomic E-state index is 13.5. The summed E-state index contributed by atoms with van der Waals surface area (Å²) in [5.74, 6) is -3.85. The molecule has 0 saturated heterocycles. The van der Waals surface area contributed by atoms with Crippen LogP contribution >= 0.6 is 0 Å². The third-order valence-electron chi connectivity index (χ3n) is 5.47. The van der Waals surface area contributed by atoms with E-state index in [1.54, 1.807) is 19.2 Å². The van der Waals surface area contributed by atoms with Gasteiger partial charge in [0.1, 0.15) is 11.7 Å². The van der Waals surface area contributed by atoms with Gasteiger partial charge >= 0.3 is 0 Å². The molecule has 0 fully saturated rings. The number of hydrogen-bond acceptors (Lipinski definition) is 4. The Bertz CT molecular complexity index is 1240. The number of nitrogens with one attached hydrogen (secondary N) is 2. The van der Waals surface area contributed by atoms with Gasteiger partial charge in [0.15, 0.2) is 17.4 Å². The number of benzene rings is 3. The van der Waals surface area contributed by atoms with E-state index in [2.05, 4.69) is 10.6 Å². The molecule has 0 spiro atoms. The maximum absolute atomic E-state index is 13.5. The molecule has 33 heavy (non-hydrogen) atoms. The first-order chi connectivity index (χ1) is 15.9. The minimum absolute atomic E-state index is 0.0881. The van der Waals surface area contributed by atoms with Crippen LogP contribution < -0.4 is 15.4 Å². The molecule has 1 atom stereocenters. The molecule has 3 aromatic carbocycles. The van der Waals surface area contributed by atoms with Crippen LogP contribution in [0.2, 0.25) is 0 Å². The summed E-state index contributed by atoms with van der Waals surface area (Å²) >= 11 is 0. The van der Waals surface area contributed by atoms with Crippen molar-refractivity contribution in [1.82, 2.24) is 5.32 Å². The van der Waals surface area contributed by atoms with Crippen LogP contribution in [-0.2, 0) is 17.8 Å². The molecular weight excluding hydrogens is 430 g/mol. The van der Waals surface area contributed by atoms with Crippen LogP contribution in [0, 0.1) is 17.6 Å². The number of anilines is 1. The molecule has 1 heterocycles. The Morgan fingerprint density at radius 2 is 1.70 bits per heavy atom. The molecule has 0 radical (unpaired) electrons. The molecule has 6 nitrogen and oxygen atoms in total. The monoisotopic (exact) mass is 450 g/mol. The first-order valence-corrected chi connectivity index (χ1v) is 10.2. The zero-order valence-corrected chi connectivity index (χ0v) is 17.7. The number of ketones is 1. The second-order valence-electron chi connectivity index (χ2n) is 7.65. The minimum Gasteiger partial charge on any atom is -0.497 e. The number of methoxy groups -OCH3 is 1. The summed E-state index contributed by atoms with van der Waals surface area (Å²) in [4.78, 5) is 38.1. The first kappa shape index (κ1) is 22.1. The summed E-state index contributed by atoms with van der Waals surface area (Å²) in [5, 5.41) is 5.44. The highest BCUT2D eigenvalue weighted by molar-refractivity contribution is 6.21. The van der Waals surface area contributed by atoms with E-state index in [1.165, 1.54) is 24.3 Å². The summed E-state index contributed by atoms with van der Waals surface area (Å²) in [6.45, 7) is 0.281. The van der Waals surface area contributed by atoms with Crippen molar-refractivity contribution in [2.45, 2.75) is 13.0 Å². The highest BCUT2D eigenvalue weighted by Gasteiger charge is 2.35. The summed E-state index contributed by atoms with van der Waals surface area (Å²) in [5.41, 5.74) is 1.95. The molecule has 168 valence electrons. The molecule has 4 rings (SSSR count). The molecule has 0 aromatic heterocycles. The van der Waals surface area contributed by atoms with Crippen LogP contribution in [0.5, 0.6) is 5.75 Å². The van der Waals surface area contributed by atoms with Crippen LogP contribution in [0.4, 0.5) is 14.5 Å². The smallest absolute Gasteiger partial charge is 0.251 e. The lowest BCUT2D eigenvalue weighted by atomic mass is 9.86. The second kappa shape index (κ2) is 9.20. The normalized spacial score (nSPS) is 14.9. The van der Waals surface area contributed by atoms with Gasteiger partial charge in [0, 0.05) is 17.7 Å². The Morgan fingerprint density at radius 3 is 2.39 bits per heavy atom. The zero-order valence-electron chi connectivity index (χ0n) is 17.7. The molecule has 1 aliphatic heterocycles. The quantitative estimate of drug-likeness (QED) is 0.558. The number of ether oxygens (including phenoxy) is 1. The van der Waals surface area contributed by atoms with Gasteiger partial charge in [-0.3, -0.25) is 14.4 Å². The molecule has 1 aliphatic rings. The van der Waals surface area contributed by atoms with Crippen LogP contribution in [0.3, 0.4) is 0 Å². The van der Waals surface area contributed by atoms with E-state index in [0.29, 0.717) is 17.0 Å². The summed E-state index contributed by atoms with van der Waals surface area (Å²) in [6.07, 6.45) is -0.0881. The van der Waals surface area contributed by atoms with E-state index in [-0.39, 0.29) is 30.0 Å². The van der Waals surface area contributed by atoms with Crippen molar-refractivity contribution in [3.8, 4) is 5.75 Å². The third kappa shape index (κ3) is 4.74. The molecule has 1 unspecified atom stereocenters. The predicted molar refractivity (Wildman–Crippen MR) is 117 cm³/mol. The van der Waals surface area contributed by atoms with Gasteiger partial charge in [-0.05, 0) is 60.0 Å². The zero-order chi connectivity index (χ0) is 23.5. The van der Waals surface area contributed by atoms with Gasteiger partial charge in [-0.2, -0.15) is 0 Å². The average molecular weight is 450 g/mol. The Balaban J connectivity index is 1.49. The summed E-state index contributed by atoms with van der Waals surface area (Å²) in [7, 11) is 1.57. The molecule has 2 N–H and O–H groups in total. The van der Waals surface area contributed by atoms with E-state index in [4.69, 9.17) is 4.74 Å². The maximum Gasteiger partial charge on any atom is 0.251 e. The highest BCUT2D eigenvalue weighted by Crippen LogP contribution is 2.29. The van der Waals surface area contributed by atoms with Crippen molar-refractivity contribution in [3.05, 3.63) is 94.6 Å². The van der Waals surface area contributed by atoms with E-state index in [0.717, 1.165) is 17.7 Å². The molecular formula is C25H20F2N2O4. The molecule has 8 heteroatoms. The number of fused-ring (bicyclic) bond motifs is 1. The number of halogens is 2. The lowest BCUT2D eigenvalue weighted by Gasteiger charge is -2.24. The SMILES string of the molecule is COc1ccc(CNC(=O)c2ccc3c(c2)C(=O)C(Cc2ccc(F)c(F)c2)C(=O)N3)cc1. The van der Waals surface area contributed by atoms with Gasteiger partial charge in [0.25, 0.3) is 5.91 Å². The van der Waals surface area contributed by atoms with Crippen molar-refractivity contribution >= 4 is 23.3 Å². The molecule has 2 amide bonds. The van der Waals surface area contributed by atoms with E-state index < -0.39 is 29.2 Å². The van der Waals surface area contributed by atoms with Crippen molar-refractivity contribution in [1.29, 1.82) is 0 Å². The fourth-order valence-corrected chi connectivity index (χ4v) is 3.64. The Labute approximate surface area is 188 Å². The lowest BCUT2D eigenvalue weighted by Crippen LogP contribution is -2.37. The minimum atomic E-state index is -1.11. The van der Waals surface area contributed by atoms with Crippen molar-refractivity contribution in [2.75, 3.05) is 12.4 Å². The predicted octanol–water partition coefficient (Wildman–Crippen LogP) is 3.90. The Hall–Kier alpha value is -4.07.